The first-order valence-electron chi connectivity index (χ1n) is 6.32. The molecule has 1 amide bonds. The lowest BCUT2D eigenvalue weighted by molar-refractivity contribution is -0.140. The molecule has 6 heteroatoms. The molecule has 0 spiro atoms. The highest BCUT2D eigenvalue weighted by molar-refractivity contribution is 7.18. The molecule has 0 saturated heterocycles. The molecule has 2 aromatic rings. The van der Waals surface area contributed by atoms with Gasteiger partial charge in [0.15, 0.2) is 0 Å². The van der Waals surface area contributed by atoms with Crippen molar-refractivity contribution in [3.63, 3.8) is 0 Å². The fourth-order valence-electron chi connectivity index (χ4n) is 1.84. The molecule has 0 atom stereocenters. The van der Waals surface area contributed by atoms with Gasteiger partial charge in [0, 0.05) is 18.5 Å². The first-order valence-corrected chi connectivity index (χ1v) is 7.14. The Morgan fingerprint density at radius 1 is 1.35 bits per heavy atom. The third-order valence-electron chi connectivity index (χ3n) is 2.79. The number of benzene rings is 1. The maximum atomic E-state index is 11.7. The third-order valence-corrected chi connectivity index (χ3v) is 3.74. The van der Waals surface area contributed by atoms with Crippen LogP contribution in [0.4, 0.5) is 5.69 Å². The second kappa shape index (κ2) is 6.47. The van der Waals surface area contributed by atoms with E-state index in [4.69, 9.17) is 0 Å². The number of aryl methyl sites for hydroxylation is 1. The Morgan fingerprint density at radius 3 is 2.90 bits per heavy atom. The fraction of sp³-hybridized carbons (Fsp3) is 0.357. The van der Waals surface area contributed by atoms with Crippen LogP contribution in [-0.4, -0.2) is 24.0 Å². The van der Waals surface area contributed by atoms with E-state index >= 15 is 0 Å². The van der Waals surface area contributed by atoms with Gasteiger partial charge in [-0.2, -0.15) is 0 Å². The summed E-state index contributed by atoms with van der Waals surface area (Å²) in [6, 6.07) is 5.67. The molecule has 0 aliphatic rings. The van der Waals surface area contributed by atoms with Gasteiger partial charge in [0.2, 0.25) is 5.91 Å². The molecule has 2 rings (SSSR count). The Bertz CT molecular complexity index is 636. The molecule has 1 heterocycles. The van der Waals surface area contributed by atoms with Crippen LogP contribution in [0, 0.1) is 6.92 Å². The van der Waals surface area contributed by atoms with Gasteiger partial charge in [-0.05, 0) is 31.5 Å². The first kappa shape index (κ1) is 14.5. The number of nitrogens with zero attached hydrogens (tertiary/aromatic N) is 1. The number of hydrogen-bond donors (Lipinski definition) is 1. The number of hydrogen-bond acceptors (Lipinski definition) is 5. The topological polar surface area (TPSA) is 68.3 Å². The molecule has 106 valence electrons. The van der Waals surface area contributed by atoms with E-state index in [1.165, 1.54) is 7.11 Å². The minimum Gasteiger partial charge on any atom is -0.469 e. The van der Waals surface area contributed by atoms with Gasteiger partial charge in [-0.3, -0.25) is 9.59 Å². The van der Waals surface area contributed by atoms with Gasteiger partial charge < -0.3 is 10.1 Å². The highest BCUT2D eigenvalue weighted by atomic mass is 32.1. The number of thiazole rings is 1. The van der Waals surface area contributed by atoms with Gasteiger partial charge in [-0.1, -0.05) is 0 Å². The predicted molar refractivity (Wildman–Crippen MR) is 78.9 cm³/mol. The quantitative estimate of drug-likeness (QED) is 0.860. The summed E-state index contributed by atoms with van der Waals surface area (Å²) in [6.45, 7) is 1.95. The van der Waals surface area contributed by atoms with Gasteiger partial charge in [-0.25, -0.2) is 4.98 Å². The molecule has 0 radical (unpaired) electrons. The van der Waals surface area contributed by atoms with Crippen molar-refractivity contribution in [3.05, 3.63) is 23.2 Å². The lowest BCUT2D eigenvalue weighted by atomic mass is 10.2. The minimum atomic E-state index is -0.294. The molecule has 0 aliphatic heterocycles. The maximum Gasteiger partial charge on any atom is 0.305 e. The van der Waals surface area contributed by atoms with Crippen molar-refractivity contribution < 1.29 is 14.3 Å². The summed E-state index contributed by atoms with van der Waals surface area (Å²) < 4.78 is 5.63. The molecule has 0 saturated carbocycles. The summed E-state index contributed by atoms with van der Waals surface area (Å²) in [4.78, 5) is 27.1. The Balaban J connectivity index is 1.90. The largest absolute Gasteiger partial charge is 0.469 e. The van der Waals surface area contributed by atoms with E-state index in [2.05, 4.69) is 15.0 Å². The van der Waals surface area contributed by atoms with Crippen LogP contribution in [0.3, 0.4) is 0 Å². The SMILES string of the molecule is COC(=O)CCCC(=O)Nc1ccc2sc(C)nc2c1. The fourth-order valence-corrected chi connectivity index (χ4v) is 2.65. The van der Waals surface area contributed by atoms with Crippen molar-refractivity contribution in [1.82, 2.24) is 4.98 Å². The second-order valence-electron chi connectivity index (χ2n) is 4.39. The predicted octanol–water partition coefficient (Wildman–Crippen LogP) is 2.89. The lowest BCUT2D eigenvalue weighted by Gasteiger charge is -2.04. The highest BCUT2D eigenvalue weighted by Crippen LogP contribution is 2.24. The van der Waals surface area contributed by atoms with E-state index in [9.17, 15) is 9.59 Å². The van der Waals surface area contributed by atoms with Crippen LogP contribution >= 0.6 is 11.3 Å². The van der Waals surface area contributed by atoms with Crippen LogP contribution in [0.15, 0.2) is 18.2 Å². The summed E-state index contributed by atoms with van der Waals surface area (Å²) in [7, 11) is 1.34. The Hall–Kier alpha value is -1.95. The molecule has 0 unspecified atom stereocenters. The molecule has 1 aromatic carbocycles. The van der Waals surface area contributed by atoms with Crippen molar-refractivity contribution in [2.24, 2.45) is 0 Å². The first-order chi connectivity index (χ1) is 9.58. The standard InChI is InChI=1S/C14H16N2O3S/c1-9-15-11-8-10(6-7-12(11)20-9)16-13(17)4-3-5-14(18)19-2/h6-8H,3-5H2,1-2H3,(H,16,17). The number of carbonyl (C=O) groups excluding carboxylic acids is 2. The second-order valence-corrected chi connectivity index (χ2v) is 5.63. The summed E-state index contributed by atoms with van der Waals surface area (Å²) in [5.74, 6) is -0.405. The zero-order chi connectivity index (χ0) is 14.5. The molecular formula is C14H16N2O3S. The molecule has 1 aromatic heterocycles. The number of ether oxygens (including phenoxy) is 1. The Labute approximate surface area is 121 Å². The summed E-state index contributed by atoms with van der Waals surface area (Å²) in [5, 5.41) is 3.81. The van der Waals surface area contributed by atoms with Crippen LogP contribution < -0.4 is 5.32 Å². The molecule has 1 N–H and O–H groups in total. The number of amides is 1. The summed E-state index contributed by atoms with van der Waals surface area (Å²) in [6.07, 6.45) is 1.04. The molecule has 0 aliphatic carbocycles. The zero-order valence-electron chi connectivity index (χ0n) is 11.4. The molecule has 0 fully saturated rings. The number of esters is 1. The third kappa shape index (κ3) is 3.77. The van der Waals surface area contributed by atoms with Crippen LogP contribution in [-0.2, 0) is 14.3 Å². The van der Waals surface area contributed by atoms with Gasteiger partial charge in [0.25, 0.3) is 0 Å². The lowest BCUT2D eigenvalue weighted by Crippen LogP contribution is -2.12. The van der Waals surface area contributed by atoms with Crippen LogP contribution in [0.1, 0.15) is 24.3 Å². The van der Waals surface area contributed by atoms with Crippen LogP contribution in [0.2, 0.25) is 0 Å². The number of fused-ring (bicyclic) bond motifs is 1. The van der Waals surface area contributed by atoms with Crippen LogP contribution in [0.5, 0.6) is 0 Å². The van der Waals surface area contributed by atoms with Crippen LogP contribution in [0.25, 0.3) is 10.2 Å². The van der Waals surface area contributed by atoms with Crippen molar-refractivity contribution in [3.8, 4) is 0 Å². The Kier molecular flexibility index (Phi) is 4.68. The number of anilines is 1. The van der Waals surface area contributed by atoms with Gasteiger partial charge in [0.1, 0.15) is 0 Å². The van der Waals surface area contributed by atoms with E-state index in [-0.39, 0.29) is 18.3 Å². The van der Waals surface area contributed by atoms with E-state index < -0.39 is 0 Å². The normalized spacial score (nSPS) is 10.5. The number of methoxy groups -OCH3 is 1. The minimum absolute atomic E-state index is 0.111. The van der Waals surface area contributed by atoms with E-state index in [0.717, 1.165) is 20.9 Å². The van der Waals surface area contributed by atoms with E-state index in [1.807, 2.05) is 25.1 Å². The monoisotopic (exact) mass is 292 g/mol. The zero-order valence-corrected chi connectivity index (χ0v) is 12.3. The maximum absolute atomic E-state index is 11.7. The smallest absolute Gasteiger partial charge is 0.305 e. The van der Waals surface area contributed by atoms with Gasteiger partial charge >= 0.3 is 5.97 Å². The molecule has 20 heavy (non-hydrogen) atoms. The van der Waals surface area contributed by atoms with Crippen molar-refractivity contribution >= 4 is 39.1 Å². The number of carbonyl (C=O) groups is 2. The molecule has 5 nitrogen and oxygen atoms in total. The van der Waals surface area contributed by atoms with Crippen molar-refractivity contribution in [2.75, 3.05) is 12.4 Å². The Morgan fingerprint density at radius 2 is 2.15 bits per heavy atom. The van der Waals surface area contributed by atoms with E-state index in [1.54, 1.807) is 11.3 Å². The summed E-state index contributed by atoms with van der Waals surface area (Å²) >= 11 is 1.62. The molecular weight excluding hydrogens is 276 g/mol. The summed E-state index contributed by atoms with van der Waals surface area (Å²) in [5.41, 5.74) is 1.62. The molecule has 0 bridgehead atoms. The number of aromatic nitrogens is 1. The number of rotatable bonds is 5. The number of nitrogens with one attached hydrogen (secondary N) is 1. The van der Waals surface area contributed by atoms with Gasteiger partial charge in [-0.15, -0.1) is 11.3 Å². The van der Waals surface area contributed by atoms with Gasteiger partial charge in [0.05, 0.1) is 22.3 Å². The van der Waals surface area contributed by atoms with E-state index in [0.29, 0.717) is 12.8 Å². The van der Waals surface area contributed by atoms with Crippen molar-refractivity contribution in [2.45, 2.75) is 26.2 Å². The highest BCUT2D eigenvalue weighted by Gasteiger charge is 2.07. The van der Waals surface area contributed by atoms with Crippen molar-refractivity contribution in [1.29, 1.82) is 0 Å². The average molecular weight is 292 g/mol. The average Bonchev–Trinajstić information content (AvgIpc) is 2.77.